The highest BCUT2D eigenvalue weighted by Crippen LogP contribution is 2.15. The van der Waals surface area contributed by atoms with Crippen LogP contribution in [0.15, 0.2) is 28.8 Å². The van der Waals surface area contributed by atoms with Gasteiger partial charge in [-0.25, -0.2) is 0 Å². The van der Waals surface area contributed by atoms with E-state index in [0.717, 1.165) is 17.7 Å². The van der Waals surface area contributed by atoms with Crippen molar-refractivity contribution in [3.05, 3.63) is 23.8 Å². The van der Waals surface area contributed by atoms with Gasteiger partial charge in [-0.05, 0) is 30.9 Å². The Morgan fingerprint density at radius 3 is 2.42 bits per heavy atom. The molecule has 0 atom stereocenters. The quantitative estimate of drug-likeness (QED) is 0.448. The number of nitrogens with zero attached hydrogens (tertiary/aromatic N) is 1. The molecule has 68 valence electrons. The zero-order valence-corrected chi connectivity index (χ0v) is 8.59. The largest absolute Gasteiger partial charge is 0.293 e. The maximum Gasteiger partial charge on any atom is 0.0361 e. The normalized spacial score (nSPS) is 12.9. The summed E-state index contributed by atoms with van der Waals surface area (Å²) in [5.74, 6) is 0.500. The molecular weight excluding hydrogens is 146 g/mol. The molecule has 1 heteroatoms. The number of hydrogen-bond acceptors (Lipinski definition) is 1. The molecule has 12 heavy (non-hydrogen) atoms. The Labute approximate surface area is 75.9 Å². The topological polar surface area (TPSA) is 12.4 Å². The van der Waals surface area contributed by atoms with Gasteiger partial charge in [0, 0.05) is 12.8 Å². The van der Waals surface area contributed by atoms with Crippen LogP contribution in [0.2, 0.25) is 0 Å². The fraction of sp³-hybridized carbons (Fsp3) is 0.545. The third-order valence-corrected chi connectivity index (χ3v) is 1.79. The zero-order chi connectivity index (χ0) is 9.56. The second kappa shape index (κ2) is 5.76. The average molecular weight is 165 g/mol. The summed E-state index contributed by atoms with van der Waals surface area (Å²) in [4.78, 5) is 4.19. The summed E-state index contributed by atoms with van der Waals surface area (Å²) in [7, 11) is 0. The molecule has 0 fully saturated rings. The van der Waals surface area contributed by atoms with Crippen molar-refractivity contribution < 1.29 is 0 Å². The van der Waals surface area contributed by atoms with Gasteiger partial charge in [0.15, 0.2) is 0 Å². The maximum absolute atomic E-state index is 4.19. The second-order valence-corrected chi connectivity index (χ2v) is 3.05. The zero-order valence-electron chi connectivity index (χ0n) is 8.59. The third-order valence-electron chi connectivity index (χ3n) is 1.79. The minimum Gasteiger partial charge on any atom is -0.293 e. The molecule has 0 aliphatic carbocycles. The minimum absolute atomic E-state index is 0.500. The number of aliphatic imine (C=N–C) groups is 1. The summed E-state index contributed by atoms with van der Waals surface area (Å²) >= 11 is 0. The lowest BCUT2D eigenvalue weighted by Gasteiger charge is -2.09. The highest BCUT2D eigenvalue weighted by atomic mass is 14.7. The fourth-order valence-corrected chi connectivity index (χ4v) is 0.866. The summed E-state index contributed by atoms with van der Waals surface area (Å²) in [6.07, 6.45) is 3.96. The first-order valence-corrected chi connectivity index (χ1v) is 4.48. The maximum atomic E-state index is 4.19. The van der Waals surface area contributed by atoms with E-state index < -0.39 is 0 Å². The Hall–Kier alpha value is -0.850. The van der Waals surface area contributed by atoms with Gasteiger partial charge in [-0.3, -0.25) is 4.99 Å². The summed E-state index contributed by atoms with van der Waals surface area (Å²) in [5, 5.41) is 0. The lowest BCUT2D eigenvalue weighted by molar-refractivity contribution is 0.789. The van der Waals surface area contributed by atoms with Gasteiger partial charge in [0.05, 0.1) is 0 Å². The molecule has 0 bridgehead atoms. The van der Waals surface area contributed by atoms with E-state index in [9.17, 15) is 0 Å². The first-order valence-electron chi connectivity index (χ1n) is 4.48. The van der Waals surface area contributed by atoms with E-state index in [1.165, 1.54) is 0 Å². The lowest BCUT2D eigenvalue weighted by Crippen LogP contribution is -1.97. The molecule has 1 nitrogen and oxygen atoms in total. The molecule has 0 saturated carbocycles. The lowest BCUT2D eigenvalue weighted by atomic mass is 9.98. The number of hydrogen-bond donors (Lipinski definition) is 0. The molecule has 0 aromatic rings. The van der Waals surface area contributed by atoms with Gasteiger partial charge < -0.3 is 0 Å². The van der Waals surface area contributed by atoms with Crippen LogP contribution >= 0.6 is 0 Å². The molecule has 0 aromatic heterocycles. The van der Waals surface area contributed by atoms with Crippen LogP contribution in [-0.2, 0) is 0 Å². The molecule has 0 saturated heterocycles. The van der Waals surface area contributed by atoms with Gasteiger partial charge in [0.25, 0.3) is 0 Å². The van der Waals surface area contributed by atoms with Gasteiger partial charge in [0.1, 0.15) is 0 Å². The molecule has 0 heterocycles. The van der Waals surface area contributed by atoms with E-state index in [1.807, 2.05) is 20.1 Å². The Morgan fingerprint density at radius 2 is 2.08 bits per heavy atom. The predicted molar refractivity (Wildman–Crippen MR) is 56.8 cm³/mol. The first-order chi connectivity index (χ1) is 5.63. The van der Waals surface area contributed by atoms with E-state index in [1.54, 1.807) is 0 Å². The third kappa shape index (κ3) is 3.51. The Balaban J connectivity index is 4.38. The molecule has 0 aliphatic rings. The molecule has 0 spiro atoms. The van der Waals surface area contributed by atoms with Gasteiger partial charge in [-0.15, -0.1) is 0 Å². The Bertz CT molecular complexity index is 197. The first kappa shape index (κ1) is 11.2. The van der Waals surface area contributed by atoms with Crippen LogP contribution in [0.1, 0.15) is 27.7 Å². The van der Waals surface area contributed by atoms with Crippen molar-refractivity contribution >= 4 is 6.21 Å². The van der Waals surface area contributed by atoms with Gasteiger partial charge >= 0.3 is 0 Å². The van der Waals surface area contributed by atoms with Crippen molar-refractivity contribution in [3.8, 4) is 0 Å². The average Bonchev–Trinajstić information content (AvgIpc) is 2.05. The van der Waals surface area contributed by atoms with Crippen molar-refractivity contribution in [2.24, 2.45) is 10.9 Å². The fourth-order valence-electron chi connectivity index (χ4n) is 0.866. The summed E-state index contributed by atoms with van der Waals surface area (Å²) < 4.78 is 0. The van der Waals surface area contributed by atoms with E-state index in [4.69, 9.17) is 0 Å². The highest BCUT2D eigenvalue weighted by molar-refractivity contribution is 5.84. The molecule has 0 unspecified atom stereocenters. The van der Waals surface area contributed by atoms with Crippen molar-refractivity contribution in [2.75, 3.05) is 6.54 Å². The molecular formula is C11H19N. The molecule has 0 amide bonds. The van der Waals surface area contributed by atoms with Crippen LogP contribution in [-0.4, -0.2) is 12.8 Å². The summed E-state index contributed by atoms with van der Waals surface area (Å²) in [6, 6.07) is 0. The van der Waals surface area contributed by atoms with E-state index in [2.05, 4.69) is 31.5 Å². The molecule has 0 aliphatic heterocycles. The number of rotatable bonds is 4. The van der Waals surface area contributed by atoms with E-state index >= 15 is 0 Å². The Morgan fingerprint density at radius 1 is 1.50 bits per heavy atom. The standard InChI is InChI=1S/C11H19N/c1-6-11(8-12-7-2)10(5)9(3)4/h6,8-9H,5,7H2,1-4H3/b11-6+,12-8-. The van der Waals surface area contributed by atoms with Crippen LogP contribution in [0.5, 0.6) is 0 Å². The van der Waals surface area contributed by atoms with Crippen LogP contribution in [0.4, 0.5) is 0 Å². The molecule has 0 N–H and O–H groups in total. The van der Waals surface area contributed by atoms with Crippen LogP contribution < -0.4 is 0 Å². The van der Waals surface area contributed by atoms with Crippen LogP contribution in [0.25, 0.3) is 0 Å². The van der Waals surface area contributed by atoms with Crippen molar-refractivity contribution in [3.63, 3.8) is 0 Å². The van der Waals surface area contributed by atoms with Gasteiger partial charge in [0.2, 0.25) is 0 Å². The van der Waals surface area contributed by atoms with E-state index in [-0.39, 0.29) is 0 Å². The SMILES string of the molecule is C=C(C(/C=N\CC)=C/C)C(C)C. The molecule has 0 rings (SSSR count). The smallest absolute Gasteiger partial charge is 0.0361 e. The van der Waals surface area contributed by atoms with Crippen molar-refractivity contribution in [1.82, 2.24) is 0 Å². The second-order valence-electron chi connectivity index (χ2n) is 3.05. The number of allylic oxidation sites excluding steroid dienone is 3. The van der Waals surface area contributed by atoms with Crippen LogP contribution in [0.3, 0.4) is 0 Å². The monoisotopic (exact) mass is 165 g/mol. The van der Waals surface area contributed by atoms with Crippen molar-refractivity contribution in [1.29, 1.82) is 0 Å². The summed E-state index contributed by atoms with van der Waals surface area (Å²) in [5.41, 5.74) is 2.32. The minimum atomic E-state index is 0.500. The summed E-state index contributed by atoms with van der Waals surface area (Å²) in [6.45, 7) is 13.2. The van der Waals surface area contributed by atoms with Gasteiger partial charge in [-0.2, -0.15) is 0 Å². The van der Waals surface area contributed by atoms with Crippen LogP contribution in [0, 0.1) is 5.92 Å². The Kier molecular flexibility index (Phi) is 5.35. The van der Waals surface area contributed by atoms with Gasteiger partial charge in [-0.1, -0.05) is 26.5 Å². The molecule has 0 radical (unpaired) electrons. The van der Waals surface area contributed by atoms with Crippen molar-refractivity contribution in [2.45, 2.75) is 27.7 Å². The highest BCUT2D eigenvalue weighted by Gasteiger charge is 2.02. The molecule has 0 aromatic carbocycles. The predicted octanol–water partition coefficient (Wildman–Crippen LogP) is 3.24. The van der Waals surface area contributed by atoms with E-state index in [0.29, 0.717) is 5.92 Å².